The summed E-state index contributed by atoms with van der Waals surface area (Å²) in [5, 5.41) is 52.4. The van der Waals surface area contributed by atoms with E-state index in [1.165, 1.54) is 103 Å². The van der Waals surface area contributed by atoms with Gasteiger partial charge in [0.25, 0.3) is 0 Å². The lowest BCUT2D eigenvalue weighted by Gasteiger charge is -2.08. The van der Waals surface area contributed by atoms with Crippen molar-refractivity contribution >= 4 is 168 Å². The standard InChI is InChI=1S/C26H20O4S.C26H20O3S.C25H17ClO3S.C25H17FO3S/c1-15-3-10-20(16(2)13-15)25(30)26-24(21-11-9-19(27)14-22(21)31-26)18-7-4-17(5-8-18)6-12-23(28)29;1-16-5-3-4-6-21(16)25(29)26-24(22-14-13-20(28)15-23(22)30-26)19-11-9-18(10-12-19)8-7-17(2)27;2*1-15(27)6-7-16-8-10-17(11-9-16)23-20-13-12-18(28)14-22(20)30-25(23)24(29)19-4-2-3-5-21(19)26/h3-14,27H,1-2H3,(H,28,29);3-15,28H,1-2H3;2*2-14,28H,1H3/b12-6+;8-7+;2*7-6+. The van der Waals surface area contributed by atoms with E-state index in [-0.39, 0.29) is 63.3 Å². The molecule has 4 heterocycles. The molecule has 0 aliphatic heterocycles. The van der Waals surface area contributed by atoms with Crippen LogP contribution in [0.25, 0.3) is 109 Å². The van der Waals surface area contributed by atoms with E-state index >= 15 is 0 Å². The Bertz CT molecular complexity index is 6410. The first-order valence-electron chi connectivity index (χ1n) is 37.9. The largest absolute Gasteiger partial charge is 0.508 e. The van der Waals surface area contributed by atoms with Crippen molar-refractivity contribution in [2.24, 2.45) is 0 Å². The zero-order valence-corrected chi connectivity index (χ0v) is 69.9. The molecule has 13 nitrogen and oxygen atoms in total. The number of hydrogen-bond donors (Lipinski definition) is 5. The van der Waals surface area contributed by atoms with E-state index in [9.17, 15) is 63.2 Å². The molecule has 12 aromatic carbocycles. The Labute approximate surface area is 716 Å². The third-order valence-electron chi connectivity index (χ3n) is 19.5. The van der Waals surface area contributed by atoms with Crippen LogP contribution in [-0.4, -0.2) is 72.0 Å². The van der Waals surface area contributed by atoms with Gasteiger partial charge in [-0.2, -0.15) is 0 Å². The lowest BCUT2D eigenvalue weighted by molar-refractivity contribution is -0.131. The minimum atomic E-state index is -1.01. The number of ketones is 7. The van der Waals surface area contributed by atoms with Crippen molar-refractivity contribution in [3.63, 3.8) is 0 Å². The van der Waals surface area contributed by atoms with Crippen LogP contribution >= 0.6 is 56.9 Å². The highest BCUT2D eigenvalue weighted by atomic mass is 35.5. The van der Waals surface area contributed by atoms with Gasteiger partial charge in [0, 0.05) is 85.4 Å². The molecule has 0 fully saturated rings. The maximum atomic E-state index is 14.3. The topological polar surface area (TPSA) is 238 Å². The van der Waals surface area contributed by atoms with E-state index in [2.05, 4.69) is 0 Å². The number of phenolic OH excluding ortho intramolecular Hbond substituents is 4. The van der Waals surface area contributed by atoms with Gasteiger partial charge in [-0.3, -0.25) is 33.6 Å². The van der Waals surface area contributed by atoms with Crippen LogP contribution < -0.4 is 0 Å². The second-order valence-electron chi connectivity index (χ2n) is 28.3. The first-order valence-corrected chi connectivity index (χ1v) is 41.5. The van der Waals surface area contributed by atoms with Crippen molar-refractivity contribution in [3.05, 3.63) is 377 Å². The minimum absolute atomic E-state index is 0.00572. The number of allylic oxidation sites excluding steroid dienone is 3. The Morgan fingerprint density at radius 1 is 0.314 bits per heavy atom. The van der Waals surface area contributed by atoms with Gasteiger partial charge in [-0.1, -0.05) is 199 Å². The van der Waals surface area contributed by atoms with E-state index in [0.29, 0.717) is 46.8 Å². The highest BCUT2D eigenvalue weighted by molar-refractivity contribution is 7.23. The number of rotatable bonds is 20. The molecule has 5 N–H and O–H groups in total. The summed E-state index contributed by atoms with van der Waals surface area (Å²) >= 11 is 11.6. The molecular formula is C102H74ClFO13S4. The van der Waals surface area contributed by atoms with Crippen LogP contribution in [0.1, 0.15) is 121 Å². The summed E-state index contributed by atoms with van der Waals surface area (Å²) in [5.41, 5.74) is 14.8. The van der Waals surface area contributed by atoms with Crippen molar-refractivity contribution in [1.82, 2.24) is 0 Å². The Morgan fingerprint density at radius 3 is 0.917 bits per heavy atom. The van der Waals surface area contributed by atoms with Crippen LogP contribution in [0.2, 0.25) is 5.02 Å². The van der Waals surface area contributed by atoms with Gasteiger partial charge in [-0.05, 0) is 219 Å². The van der Waals surface area contributed by atoms with Crippen molar-refractivity contribution < 1.29 is 68.3 Å². The average Bonchev–Trinajstić information content (AvgIpc) is 1.64. The van der Waals surface area contributed by atoms with Gasteiger partial charge >= 0.3 is 5.97 Å². The second kappa shape index (κ2) is 37.7. The predicted molar refractivity (Wildman–Crippen MR) is 490 cm³/mol. The van der Waals surface area contributed by atoms with Crippen LogP contribution in [0, 0.1) is 26.6 Å². The zero-order valence-electron chi connectivity index (χ0n) is 65.8. The summed E-state index contributed by atoms with van der Waals surface area (Å²) in [5.74, 6) is -1.69. The summed E-state index contributed by atoms with van der Waals surface area (Å²) < 4.78 is 17.5. The Balaban J connectivity index is 0.000000139. The Kier molecular flexibility index (Phi) is 26.5. The predicted octanol–water partition coefficient (Wildman–Crippen LogP) is 25.6. The number of halogens is 2. The molecule has 121 heavy (non-hydrogen) atoms. The third kappa shape index (κ3) is 19.9. The molecule has 0 saturated carbocycles. The lowest BCUT2D eigenvalue weighted by Crippen LogP contribution is -2.03. The summed E-state index contributed by atoms with van der Waals surface area (Å²) in [7, 11) is 0. The van der Waals surface area contributed by atoms with Crippen molar-refractivity contribution in [3.8, 4) is 67.5 Å². The number of aromatic hydroxyl groups is 4. The molecule has 0 aliphatic carbocycles. The van der Waals surface area contributed by atoms with Gasteiger partial charge in [-0.25, -0.2) is 9.18 Å². The number of carboxylic acid groups (broad SMARTS) is 1. The molecule has 4 aromatic heterocycles. The number of carboxylic acids is 1. The molecule has 0 amide bonds. The first kappa shape index (κ1) is 84.9. The number of benzene rings is 12. The van der Waals surface area contributed by atoms with E-state index in [0.717, 1.165) is 124 Å². The number of carbonyl (C=O) groups excluding carboxylic acids is 7. The summed E-state index contributed by atoms with van der Waals surface area (Å²) in [6, 6.07) is 76.9. The summed E-state index contributed by atoms with van der Waals surface area (Å²) in [6.45, 7) is 10.4. The molecule has 19 heteroatoms. The van der Waals surface area contributed by atoms with Crippen molar-refractivity contribution in [2.45, 2.75) is 41.5 Å². The molecule has 0 aliphatic rings. The van der Waals surface area contributed by atoms with Gasteiger partial charge < -0.3 is 25.5 Å². The normalized spacial score (nSPS) is 11.3. The van der Waals surface area contributed by atoms with E-state index in [1.807, 2.05) is 178 Å². The maximum Gasteiger partial charge on any atom is 0.328 e. The number of phenols is 4. The molecule has 0 spiro atoms. The van der Waals surface area contributed by atoms with Gasteiger partial charge in [0.15, 0.2) is 17.3 Å². The highest BCUT2D eigenvalue weighted by Crippen LogP contribution is 2.47. The maximum absolute atomic E-state index is 14.3. The number of hydrogen-bond acceptors (Lipinski definition) is 16. The first-order chi connectivity index (χ1) is 58.1. The van der Waals surface area contributed by atoms with Gasteiger partial charge in [0.2, 0.25) is 23.1 Å². The monoisotopic (exact) mass is 1690 g/mol. The molecular weight excluding hydrogens is 1620 g/mol. The average molecular weight is 1690 g/mol. The zero-order chi connectivity index (χ0) is 85.9. The number of carbonyl (C=O) groups is 8. The van der Waals surface area contributed by atoms with Crippen molar-refractivity contribution in [1.29, 1.82) is 0 Å². The van der Waals surface area contributed by atoms with Crippen LogP contribution in [0.5, 0.6) is 23.0 Å². The second-order valence-corrected chi connectivity index (χ2v) is 33.0. The van der Waals surface area contributed by atoms with Gasteiger partial charge in [0.1, 0.15) is 28.8 Å². The molecule has 0 radical (unpaired) electrons. The van der Waals surface area contributed by atoms with Gasteiger partial charge in [-0.15, -0.1) is 45.3 Å². The fourth-order valence-corrected chi connectivity index (χ4v) is 18.7. The Morgan fingerprint density at radius 2 is 0.603 bits per heavy atom. The number of thiophene rings is 4. The summed E-state index contributed by atoms with van der Waals surface area (Å²) in [6.07, 6.45) is 12.4. The number of fused-ring (bicyclic) bond motifs is 4. The molecule has 0 atom stereocenters. The SMILES string of the molecule is CC(=O)/C=C/c1ccc(-c2c(C(=O)c3ccccc3C)sc3cc(O)ccc23)cc1.CC(=O)/C=C/c1ccc(-c2c(C(=O)c3ccccc3Cl)sc3cc(O)ccc23)cc1.CC(=O)/C=C/c1ccc(-c2c(C(=O)c3ccccc3F)sc3cc(O)ccc23)cc1.Cc1ccc(C(=O)c2sc3cc(O)ccc3c2-c2ccc(/C=C/C(=O)O)cc2)c(C)c1. The van der Waals surface area contributed by atoms with Gasteiger partial charge in [0.05, 0.1) is 30.1 Å². The molecule has 16 rings (SSSR count). The quantitative estimate of drug-likeness (QED) is 0.0353. The fourth-order valence-electron chi connectivity index (χ4n) is 13.7. The van der Waals surface area contributed by atoms with Crippen LogP contribution in [0.4, 0.5) is 4.39 Å². The molecule has 16 aromatic rings. The van der Waals surface area contributed by atoms with Crippen molar-refractivity contribution in [2.75, 3.05) is 0 Å². The number of aryl methyl sites for hydroxylation is 3. The fraction of sp³-hybridized carbons (Fsp3) is 0.0588. The highest BCUT2D eigenvalue weighted by Gasteiger charge is 2.28. The number of aliphatic carboxylic acids is 1. The molecule has 0 saturated heterocycles. The van der Waals surface area contributed by atoms with Crippen LogP contribution in [0.3, 0.4) is 0 Å². The lowest BCUT2D eigenvalue weighted by atomic mass is 9.95. The molecule has 598 valence electrons. The molecule has 0 bridgehead atoms. The molecule has 0 unspecified atom stereocenters. The van der Waals surface area contributed by atoms with E-state index in [4.69, 9.17) is 16.7 Å². The third-order valence-corrected chi connectivity index (χ3v) is 24.5. The Hall–Kier alpha value is -14.0. The van der Waals surface area contributed by atoms with Crippen LogP contribution in [-0.2, 0) is 19.2 Å². The van der Waals surface area contributed by atoms with E-state index < -0.39 is 17.6 Å². The van der Waals surface area contributed by atoms with Crippen LogP contribution in [0.15, 0.2) is 285 Å². The van der Waals surface area contributed by atoms with E-state index in [1.54, 1.807) is 109 Å². The summed E-state index contributed by atoms with van der Waals surface area (Å²) in [4.78, 5) is 100. The smallest absolute Gasteiger partial charge is 0.328 e. The minimum Gasteiger partial charge on any atom is -0.508 e.